The van der Waals surface area contributed by atoms with Gasteiger partial charge in [-0.05, 0) is 58.9 Å². The molecule has 0 N–H and O–H groups in total. The highest BCUT2D eigenvalue weighted by atomic mass is 16.5. The third-order valence-electron chi connectivity index (χ3n) is 4.88. The van der Waals surface area contributed by atoms with E-state index in [4.69, 9.17) is 4.74 Å². The van der Waals surface area contributed by atoms with Gasteiger partial charge in [-0.15, -0.1) is 0 Å². The van der Waals surface area contributed by atoms with Gasteiger partial charge in [-0.2, -0.15) is 0 Å². The molecule has 1 amide bonds. The number of hydrogen-bond acceptors (Lipinski definition) is 3. The van der Waals surface area contributed by atoms with Gasteiger partial charge < -0.3 is 14.5 Å². The molecule has 2 aliphatic rings. The van der Waals surface area contributed by atoms with Crippen molar-refractivity contribution in [2.75, 3.05) is 33.2 Å². The predicted octanol–water partition coefficient (Wildman–Crippen LogP) is 2.52. The summed E-state index contributed by atoms with van der Waals surface area (Å²) < 4.78 is 5.89. The second-order valence-corrected chi connectivity index (χ2v) is 7.05. The molecule has 2 rings (SSSR count). The van der Waals surface area contributed by atoms with Gasteiger partial charge in [0.15, 0.2) is 0 Å². The normalized spacial score (nSPS) is 28.1. The minimum Gasteiger partial charge on any atom is -0.376 e. The highest BCUT2D eigenvalue weighted by molar-refractivity contribution is 5.76. The molecule has 0 aromatic heterocycles. The van der Waals surface area contributed by atoms with Crippen molar-refractivity contribution in [2.45, 2.75) is 64.6 Å². The van der Waals surface area contributed by atoms with E-state index in [1.807, 2.05) is 4.90 Å². The van der Waals surface area contributed by atoms with Crippen LogP contribution in [0.3, 0.4) is 0 Å². The molecule has 0 atom stereocenters. The van der Waals surface area contributed by atoms with Crippen LogP contribution in [0.1, 0.15) is 52.4 Å². The molecule has 4 nitrogen and oxygen atoms in total. The molecule has 0 unspecified atom stereocenters. The number of hydrogen-bond donors (Lipinski definition) is 0. The van der Waals surface area contributed by atoms with Crippen LogP contribution in [0.5, 0.6) is 0 Å². The zero-order valence-electron chi connectivity index (χ0n) is 14.0. The first-order valence-electron chi connectivity index (χ1n) is 8.66. The van der Waals surface area contributed by atoms with Crippen molar-refractivity contribution in [3.05, 3.63) is 0 Å². The van der Waals surface area contributed by atoms with Crippen LogP contribution in [0.2, 0.25) is 0 Å². The first-order valence-corrected chi connectivity index (χ1v) is 8.66. The molecule has 1 aliphatic carbocycles. The highest BCUT2D eigenvalue weighted by Gasteiger charge is 2.24. The monoisotopic (exact) mass is 296 g/mol. The maximum atomic E-state index is 12.2. The van der Waals surface area contributed by atoms with Crippen molar-refractivity contribution in [1.29, 1.82) is 0 Å². The highest BCUT2D eigenvalue weighted by Crippen LogP contribution is 2.30. The van der Waals surface area contributed by atoms with Crippen LogP contribution < -0.4 is 0 Å². The van der Waals surface area contributed by atoms with E-state index in [1.54, 1.807) is 0 Å². The molecular weight excluding hydrogens is 264 g/mol. The molecule has 21 heavy (non-hydrogen) atoms. The minimum atomic E-state index is 0.338. The number of carbonyl (C=O) groups is 1. The van der Waals surface area contributed by atoms with E-state index in [-0.39, 0.29) is 0 Å². The lowest BCUT2D eigenvalue weighted by molar-refractivity contribution is -0.133. The van der Waals surface area contributed by atoms with E-state index in [0.717, 1.165) is 44.9 Å². The Morgan fingerprint density at radius 1 is 1.10 bits per heavy atom. The van der Waals surface area contributed by atoms with Crippen LogP contribution in [0.4, 0.5) is 0 Å². The number of ether oxygens (including phenoxy) is 1. The lowest BCUT2D eigenvalue weighted by Gasteiger charge is -2.33. The maximum Gasteiger partial charge on any atom is 0.222 e. The Bertz CT molecular complexity index is 317. The van der Waals surface area contributed by atoms with Gasteiger partial charge in [0.25, 0.3) is 0 Å². The molecule has 2 fully saturated rings. The Morgan fingerprint density at radius 3 is 2.29 bits per heavy atom. The molecule has 1 saturated heterocycles. The minimum absolute atomic E-state index is 0.338. The topological polar surface area (TPSA) is 32.8 Å². The van der Waals surface area contributed by atoms with Crippen molar-refractivity contribution in [3.8, 4) is 0 Å². The molecule has 0 radical (unpaired) electrons. The van der Waals surface area contributed by atoms with Gasteiger partial charge in [0.2, 0.25) is 5.91 Å². The van der Waals surface area contributed by atoms with Crippen molar-refractivity contribution in [3.63, 3.8) is 0 Å². The SMILES string of the molecule is CC(C)OC1CCC(CCC(=O)N2CCN(C)CC2)CC1. The number of likely N-dealkylation sites (N-methyl/N-ethyl adjacent to an activating group) is 1. The first kappa shape index (κ1) is 16.8. The summed E-state index contributed by atoms with van der Waals surface area (Å²) in [4.78, 5) is 16.6. The van der Waals surface area contributed by atoms with Crippen molar-refractivity contribution >= 4 is 5.91 Å². The summed E-state index contributed by atoms with van der Waals surface area (Å²) in [5, 5.41) is 0. The van der Waals surface area contributed by atoms with Gasteiger partial charge in [-0.25, -0.2) is 0 Å². The van der Waals surface area contributed by atoms with Gasteiger partial charge in [0.1, 0.15) is 0 Å². The van der Waals surface area contributed by atoms with Gasteiger partial charge >= 0.3 is 0 Å². The van der Waals surface area contributed by atoms with E-state index in [1.165, 1.54) is 25.7 Å². The molecule has 0 aromatic carbocycles. The first-order chi connectivity index (χ1) is 10.0. The standard InChI is InChI=1S/C17H32N2O2/c1-14(2)21-16-7-4-15(5-8-16)6-9-17(20)19-12-10-18(3)11-13-19/h14-16H,4-13H2,1-3H3. The third kappa shape index (κ3) is 5.59. The van der Waals surface area contributed by atoms with Crippen LogP contribution >= 0.6 is 0 Å². The molecular formula is C17H32N2O2. The maximum absolute atomic E-state index is 12.2. The fraction of sp³-hybridized carbons (Fsp3) is 0.941. The van der Waals surface area contributed by atoms with Crippen molar-refractivity contribution < 1.29 is 9.53 Å². The largest absolute Gasteiger partial charge is 0.376 e. The fourth-order valence-electron chi connectivity index (χ4n) is 3.48. The summed E-state index contributed by atoms with van der Waals surface area (Å²) >= 11 is 0. The number of piperazine rings is 1. The Morgan fingerprint density at radius 2 is 1.71 bits per heavy atom. The molecule has 0 aromatic rings. The number of nitrogens with zero attached hydrogens (tertiary/aromatic N) is 2. The van der Waals surface area contributed by atoms with Gasteiger partial charge in [-0.3, -0.25) is 4.79 Å². The summed E-state index contributed by atoms with van der Waals surface area (Å²) in [6.45, 7) is 8.07. The third-order valence-corrected chi connectivity index (χ3v) is 4.88. The van der Waals surface area contributed by atoms with Gasteiger partial charge in [0.05, 0.1) is 12.2 Å². The summed E-state index contributed by atoms with van der Waals surface area (Å²) in [5.74, 6) is 1.09. The molecule has 1 saturated carbocycles. The molecule has 0 spiro atoms. The zero-order valence-corrected chi connectivity index (χ0v) is 14.0. The zero-order chi connectivity index (χ0) is 15.2. The average Bonchev–Trinajstić information content (AvgIpc) is 2.46. The number of amides is 1. The number of carbonyl (C=O) groups excluding carboxylic acids is 1. The Balaban J connectivity index is 1.62. The molecule has 1 aliphatic heterocycles. The average molecular weight is 296 g/mol. The van der Waals surface area contributed by atoms with E-state index in [0.29, 0.717) is 18.1 Å². The molecule has 1 heterocycles. The van der Waals surface area contributed by atoms with E-state index < -0.39 is 0 Å². The summed E-state index contributed by atoms with van der Waals surface area (Å²) in [7, 11) is 2.12. The Kier molecular flexibility index (Phi) is 6.49. The molecule has 4 heteroatoms. The van der Waals surface area contributed by atoms with Crippen LogP contribution in [-0.4, -0.2) is 61.1 Å². The lowest BCUT2D eigenvalue weighted by atomic mass is 9.84. The van der Waals surface area contributed by atoms with E-state index in [2.05, 4.69) is 25.8 Å². The molecule has 0 bridgehead atoms. The van der Waals surface area contributed by atoms with Crippen LogP contribution in [0.25, 0.3) is 0 Å². The second kappa shape index (κ2) is 8.14. The summed E-state index contributed by atoms with van der Waals surface area (Å²) in [5.41, 5.74) is 0. The predicted molar refractivity (Wildman–Crippen MR) is 85.3 cm³/mol. The summed E-state index contributed by atoms with van der Waals surface area (Å²) in [6.07, 6.45) is 7.40. The lowest BCUT2D eigenvalue weighted by Crippen LogP contribution is -2.47. The Hall–Kier alpha value is -0.610. The Labute approximate surface area is 129 Å². The van der Waals surface area contributed by atoms with Gasteiger partial charge in [0, 0.05) is 32.6 Å². The van der Waals surface area contributed by atoms with Gasteiger partial charge in [-0.1, -0.05) is 0 Å². The van der Waals surface area contributed by atoms with E-state index >= 15 is 0 Å². The number of rotatable bonds is 5. The molecule has 122 valence electrons. The quantitative estimate of drug-likeness (QED) is 0.781. The van der Waals surface area contributed by atoms with Crippen LogP contribution in [0, 0.1) is 5.92 Å². The summed E-state index contributed by atoms with van der Waals surface area (Å²) in [6, 6.07) is 0. The fourth-order valence-corrected chi connectivity index (χ4v) is 3.48. The van der Waals surface area contributed by atoms with E-state index in [9.17, 15) is 4.79 Å². The van der Waals surface area contributed by atoms with Crippen molar-refractivity contribution in [1.82, 2.24) is 9.80 Å². The second-order valence-electron chi connectivity index (χ2n) is 7.05. The van der Waals surface area contributed by atoms with Crippen LogP contribution in [-0.2, 0) is 9.53 Å². The van der Waals surface area contributed by atoms with Crippen LogP contribution in [0.15, 0.2) is 0 Å². The van der Waals surface area contributed by atoms with Crippen molar-refractivity contribution in [2.24, 2.45) is 5.92 Å². The smallest absolute Gasteiger partial charge is 0.222 e.